The van der Waals surface area contributed by atoms with Crippen LogP contribution in [0, 0.1) is 0 Å². The normalized spacial score (nSPS) is 10.0. The third kappa shape index (κ3) is 5.08. The summed E-state index contributed by atoms with van der Waals surface area (Å²) in [7, 11) is 0. The second kappa shape index (κ2) is 7.95. The lowest BCUT2D eigenvalue weighted by Gasteiger charge is -2.10. The summed E-state index contributed by atoms with van der Waals surface area (Å²) in [4.78, 5) is 11.5. The minimum absolute atomic E-state index is 0.143. The van der Waals surface area contributed by atoms with Crippen LogP contribution >= 0.6 is 11.8 Å². The van der Waals surface area contributed by atoms with Crippen molar-refractivity contribution < 1.29 is 13.9 Å². The highest BCUT2D eigenvalue weighted by molar-refractivity contribution is 7.99. The van der Waals surface area contributed by atoms with Crippen molar-refractivity contribution >= 4 is 23.4 Å². The van der Waals surface area contributed by atoms with Gasteiger partial charge in [-0.2, -0.15) is 0 Å². The summed E-state index contributed by atoms with van der Waals surface area (Å²) >= 11 is 1.27. The first-order chi connectivity index (χ1) is 8.27. The zero-order chi connectivity index (χ0) is 12.5. The van der Waals surface area contributed by atoms with E-state index in [4.69, 9.17) is 4.74 Å². The molecule has 0 bridgehead atoms. The monoisotopic (exact) mass is 257 g/mol. The van der Waals surface area contributed by atoms with Gasteiger partial charge in [-0.15, -0.1) is 11.8 Å². The van der Waals surface area contributed by atoms with Crippen LogP contribution < -0.4 is 10.1 Å². The van der Waals surface area contributed by atoms with Crippen molar-refractivity contribution in [3.05, 3.63) is 24.3 Å². The van der Waals surface area contributed by atoms with E-state index in [0.717, 1.165) is 0 Å². The number of halogens is 1. The first kappa shape index (κ1) is 13.8. The number of anilines is 1. The summed E-state index contributed by atoms with van der Waals surface area (Å²) in [6, 6.07) is 7.25. The molecule has 0 radical (unpaired) electrons. The van der Waals surface area contributed by atoms with Gasteiger partial charge in [0.15, 0.2) is 0 Å². The zero-order valence-corrected chi connectivity index (χ0v) is 10.6. The Morgan fingerprint density at radius 2 is 2.24 bits per heavy atom. The third-order valence-corrected chi connectivity index (χ3v) is 2.82. The molecule has 3 nitrogen and oxygen atoms in total. The van der Waals surface area contributed by atoms with E-state index in [0.29, 0.717) is 23.8 Å². The van der Waals surface area contributed by atoms with E-state index in [1.807, 2.05) is 19.1 Å². The van der Waals surface area contributed by atoms with Crippen molar-refractivity contribution in [2.75, 3.05) is 30.1 Å². The fraction of sp³-hybridized carbons (Fsp3) is 0.417. The highest BCUT2D eigenvalue weighted by Crippen LogP contribution is 2.23. The Labute approximate surface area is 105 Å². The molecule has 1 N–H and O–H groups in total. The van der Waals surface area contributed by atoms with Gasteiger partial charge >= 0.3 is 0 Å². The van der Waals surface area contributed by atoms with Crippen molar-refractivity contribution in [1.29, 1.82) is 0 Å². The number of carbonyl (C=O) groups is 1. The Kier molecular flexibility index (Phi) is 6.47. The molecular formula is C12H16FNO2S. The summed E-state index contributed by atoms with van der Waals surface area (Å²) in [5.74, 6) is 1.11. The summed E-state index contributed by atoms with van der Waals surface area (Å²) in [5.41, 5.74) is 0.653. The highest BCUT2D eigenvalue weighted by Gasteiger charge is 2.06. The Morgan fingerprint density at radius 1 is 1.47 bits per heavy atom. The predicted molar refractivity (Wildman–Crippen MR) is 69.5 cm³/mol. The van der Waals surface area contributed by atoms with E-state index in [-0.39, 0.29) is 11.7 Å². The van der Waals surface area contributed by atoms with Crippen LogP contribution in [0.15, 0.2) is 24.3 Å². The fourth-order valence-electron chi connectivity index (χ4n) is 1.26. The van der Waals surface area contributed by atoms with Gasteiger partial charge in [0.05, 0.1) is 24.7 Å². The van der Waals surface area contributed by atoms with Gasteiger partial charge in [0, 0.05) is 5.75 Å². The van der Waals surface area contributed by atoms with E-state index >= 15 is 0 Å². The SMILES string of the molecule is CCOc1ccccc1NC(=O)CSCCF. The minimum Gasteiger partial charge on any atom is -0.492 e. The number of para-hydroxylation sites is 2. The third-order valence-electron chi connectivity index (χ3n) is 1.92. The van der Waals surface area contributed by atoms with E-state index in [9.17, 15) is 9.18 Å². The molecule has 0 aliphatic rings. The van der Waals surface area contributed by atoms with Crippen LogP contribution in [0.4, 0.5) is 10.1 Å². The number of thioether (sulfide) groups is 1. The molecule has 94 valence electrons. The molecule has 0 aliphatic carbocycles. The van der Waals surface area contributed by atoms with E-state index in [2.05, 4.69) is 5.32 Å². The van der Waals surface area contributed by atoms with Crippen LogP contribution in [-0.4, -0.2) is 30.7 Å². The van der Waals surface area contributed by atoms with Gasteiger partial charge < -0.3 is 10.1 Å². The minimum atomic E-state index is -0.409. The number of hydrogen-bond donors (Lipinski definition) is 1. The van der Waals surface area contributed by atoms with Crippen LogP contribution in [0.3, 0.4) is 0 Å². The van der Waals surface area contributed by atoms with Gasteiger partial charge in [0.2, 0.25) is 5.91 Å². The predicted octanol–water partition coefficient (Wildman–Crippen LogP) is 2.73. The quantitative estimate of drug-likeness (QED) is 0.763. The molecule has 0 aromatic heterocycles. The van der Waals surface area contributed by atoms with Gasteiger partial charge in [0.25, 0.3) is 0 Å². The lowest BCUT2D eigenvalue weighted by Crippen LogP contribution is -2.15. The topological polar surface area (TPSA) is 38.3 Å². The first-order valence-corrected chi connectivity index (χ1v) is 6.58. The lowest BCUT2D eigenvalue weighted by atomic mass is 10.3. The van der Waals surface area contributed by atoms with E-state index < -0.39 is 6.67 Å². The van der Waals surface area contributed by atoms with Crippen molar-refractivity contribution in [3.8, 4) is 5.75 Å². The van der Waals surface area contributed by atoms with Gasteiger partial charge in [0.1, 0.15) is 5.75 Å². The number of rotatable bonds is 7. The maximum absolute atomic E-state index is 11.9. The smallest absolute Gasteiger partial charge is 0.234 e. The van der Waals surface area contributed by atoms with Crippen LogP contribution in [0.25, 0.3) is 0 Å². The molecule has 0 aliphatic heterocycles. The molecule has 1 amide bonds. The molecule has 0 heterocycles. The average Bonchev–Trinajstić information content (AvgIpc) is 2.32. The maximum Gasteiger partial charge on any atom is 0.234 e. The van der Waals surface area contributed by atoms with Crippen molar-refractivity contribution in [2.45, 2.75) is 6.92 Å². The number of alkyl halides is 1. The zero-order valence-electron chi connectivity index (χ0n) is 9.74. The molecule has 1 rings (SSSR count). The van der Waals surface area contributed by atoms with Crippen LogP contribution in [0.5, 0.6) is 5.75 Å². The van der Waals surface area contributed by atoms with E-state index in [1.165, 1.54) is 11.8 Å². The molecular weight excluding hydrogens is 241 g/mol. The number of ether oxygens (including phenoxy) is 1. The molecule has 1 aromatic carbocycles. The van der Waals surface area contributed by atoms with Crippen LogP contribution in [0.2, 0.25) is 0 Å². The molecule has 0 saturated carbocycles. The average molecular weight is 257 g/mol. The summed E-state index contributed by atoms with van der Waals surface area (Å²) in [6.45, 7) is 2.02. The number of amides is 1. The summed E-state index contributed by atoms with van der Waals surface area (Å²) in [5, 5.41) is 2.75. The second-order valence-corrected chi connectivity index (χ2v) is 4.32. The van der Waals surface area contributed by atoms with Crippen molar-refractivity contribution in [1.82, 2.24) is 0 Å². The molecule has 0 saturated heterocycles. The largest absolute Gasteiger partial charge is 0.492 e. The molecule has 0 spiro atoms. The Hall–Kier alpha value is -1.23. The van der Waals surface area contributed by atoms with Gasteiger partial charge in [-0.1, -0.05) is 12.1 Å². The second-order valence-electron chi connectivity index (χ2n) is 3.22. The Morgan fingerprint density at radius 3 is 2.94 bits per heavy atom. The Balaban J connectivity index is 2.52. The number of benzene rings is 1. The Bertz CT molecular complexity index is 360. The molecule has 5 heteroatoms. The standard InChI is InChI=1S/C12H16FNO2S/c1-2-16-11-6-4-3-5-10(11)14-12(15)9-17-8-7-13/h3-6H,2,7-9H2,1H3,(H,14,15). The van der Waals surface area contributed by atoms with Crippen LogP contribution in [-0.2, 0) is 4.79 Å². The summed E-state index contributed by atoms with van der Waals surface area (Å²) in [6.07, 6.45) is 0. The molecule has 0 fully saturated rings. The maximum atomic E-state index is 11.9. The van der Waals surface area contributed by atoms with Gasteiger partial charge in [-0.05, 0) is 19.1 Å². The number of carbonyl (C=O) groups excluding carboxylic acids is 1. The van der Waals surface area contributed by atoms with Crippen molar-refractivity contribution in [2.24, 2.45) is 0 Å². The highest BCUT2D eigenvalue weighted by atomic mass is 32.2. The van der Waals surface area contributed by atoms with Gasteiger partial charge in [-0.25, -0.2) is 0 Å². The van der Waals surface area contributed by atoms with E-state index in [1.54, 1.807) is 12.1 Å². The fourth-order valence-corrected chi connectivity index (χ4v) is 1.77. The lowest BCUT2D eigenvalue weighted by molar-refractivity contribution is -0.113. The summed E-state index contributed by atoms with van der Waals surface area (Å²) < 4.78 is 17.2. The number of hydrogen-bond acceptors (Lipinski definition) is 3. The molecule has 0 unspecified atom stereocenters. The number of nitrogens with one attached hydrogen (secondary N) is 1. The molecule has 1 aromatic rings. The van der Waals surface area contributed by atoms with Crippen molar-refractivity contribution in [3.63, 3.8) is 0 Å². The molecule has 0 atom stereocenters. The van der Waals surface area contributed by atoms with Crippen LogP contribution in [0.1, 0.15) is 6.92 Å². The first-order valence-electron chi connectivity index (χ1n) is 5.43. The van der Waals surface area contributed by atoms with Gasteiger partial charge in [-0.3, -0.25) is 9.18 Å². The molecule has 17 heavy (non-hydrogen) atoms.